The van der Waals surface area contributed by atoms with E-state index in [1.165, 1.54) is 61.5 Å². The number of aromatic nitrogens is 2. The number of nitrogens with zero attached hydrogens (tertiary/aromatic N) is 4. The number of para-hydroxylation sites is 2. The van der Waals surface area contributed by atoms with Crippen molar-refractivity contribution in [1.29, 1.82) is 0 Å². The third-order valence-electron chi connectivity index (χ3n) is 5.31. The van der Waals surface area contributed by atoms with Crippen molar-refractivity contribution in [3.8, 4) is 23.0 Å². The van der Waals surface area contributed by atoms with E-state index in [9.17, 15) is 9.59 Å². The van der Waals surface area contributed by atoms with Gasteiger partial charge in [-0.05, 0) is 38.1 Å². The predicted molar refractivity (Wildman–Crippen MR) is 161 cm³/mol. The van der Waals surface area contributed by atoms with E-state index in [2.05, 4.69) is 31.3 Å². The van der Waals surface area contributed by atoms with Gasteiger partial charge in [0, 0.05) is 11.1 Å². The fourth-order valence-corrected chi connectivity index (χ4v) is 6.54. The molecule has 41 heavy (non-hydrogen) atoms. The van der Waals surface area contributed by atoms with E-state index in [-0.39, 0.29) is 11.8 Å². The van der Waals surface area contributed by atoms with E-state index in [4.69, 9.17) is 18.9 Å². The van der Waals surface area contributed by atoms with E-state index in [1.54, 1.807) is 64.5 Å². The summed E-state index contributed by atoms with van der Waals surface area (Å²) in [7, 11) is 6.15. The molecule has 12 nitrogen and oxygen atoms in total. The number of hydrogen-bond acceptors (Lipinski definition) is 13. The lowest BCUT2D eigenvalue weighted by Gasteiger charge is -2.10. The standard InChI is InChI=1S/C26H30N6O6S3/c1-15(23(33)29-27-13-17-9-7-11-19(35-3)21(17)37-5)39-25-31-32-26(41-25)40-16(2)24(34)30-28-14-18-10-8-12-20(36-4)22(18)38-6/h7-16H,1-6H3,(H,29,33)(H,30,34)/b27-13-,28-14-/t15-,16-/m0/s1. The van der Waals surface area contributed by atoms with Crippen LogP contribution in [0.4, 0.5) is 0 Å². The normalized spacial score (nSPS) is 12.6. The van der Waals surface area contributed by atoms with Gasteiger partial charge in [-0.15, -0.1) is 10.2 Å². The number of benzene rings is 2. The Morgan fingerprint density at radius 2 is 1.17 bits per heavy atom. The number of hydrazone groups is 2. The molecule has 0 aliphatic rings. The van der Waals surface area contributed by atoms with Gasteiger partial charge in [-0.25, -0.2) is 10.9 Å². The van der Waals surface area contributed by atoms with Gasteiger partial charge in [0.05, 0.1) is 51.4 Å². The molecular formula is C26H30N6O6S3. The lowest BCUT2D eigenvalue weighted by Crippen LogP contribution is -2.26. The van der Waals surface area contributed by atoms with Crippen molar-refractivity contribution >= 4 is 59.1 Å². The van der Waals surface area contributed by atoms with Crippen molar-refractivity contribution in [2.75, 3.05) is 28.4 Å². The van der Waals surface area contributed by atoms with Crippen LogP contribution in [0.5, 0.6) is 23.0 Å². The summed E-state index contributed by atoms with van der Waals surface area (Å²) in [6, 6.07) is 10.7. The second-order valence-electron chi connectivity index (χ2n) is 7.99. The van der Waals surface area contributed by atoms with Crippen LogP contribution < -0.4 is 29.8 Å². The van der Waals surface area contributed by atoms with Crippen molar-refractivity contribution < 1.29 is 28.5 Å². The first kappa shape index (κ1) is 31.7. The lowest BCUT2D eigenvalue weighted by atomic mass is 10.2. The molecule has 15 heteroatoms. The van der Waals surface area contributed by atoms with Crippen molar-refractivity contribution in [2.45, 2.75) is 33.0 Å². The van der Waals surface area contributed by atoms with Gasteiger partial charge in [0.15, 0.2) is 31.7 Å². The Kier molecular flexibility index (Phi) is 12.2. The van der Waals surface area contributed by atoms with Crippen LogP contribution in [0.1, 0.15) is 25.0 Å². The SMILES string of the molecule is COc1cccc(/C=N\NC(=O)[C@H](C)Sc2nnc(S[C@@H](C)C(=O)N/N=C\c3cccc(OC)c3OC)s2)c1OC. The first-order valence-electron chi connectivity index (χ1n) is 12.1. The first-order chi connectivity index (χ1) is 19.8. The number of carbonyl (C=O) groups is 2. The predicted octanol–water partition coefficient (Wildman–Crippen LogP) is 3.83. The van der Waals surface area contributed by atoms with Crippen molar-refractivity contribution in [1.82, 2.24) is 21.0 Å². The van der Waals surface area contributed by atoms with Crippen LogP contribution in [0, 0.1) is 0 Å². The molecule has 0 saturated carbocycles. The lowest BCUT2D eigenvalue weighted by molar-refractivity contribution is -0.121. The average Bonchev–Trinajstić information content (AvgIpc) is 3.42. The van der Waals surface area contributed by atoms with E-state index < -0.39 is 10.5 Å². The molecule has 0 aliphatic heterocycles. The molecule has 0 aliphatic carbocycles. The Labute approximate surface area is 250 Å². The van der Waals surface area contributed by atoms with Crippen LogP contribution in [0.2, 0.25) is 0 Å². The van der Waals surface area contributed by atoms with Crippen LogP contribution in [0.15, 0.2) is 55.3 Å². The van der Waals surface area contributed by atoms with E-state index >= 15 is 0 Å². The Bertz CT molecular complexity index is 1300. The summed E-state index contributed by atoms with van der Waals surface area (Å²) >= 11 is 3.77. The van der Waals surface area contributed by atoms with Gasteiger partial charge in [-0.3, -0.25) is 9.59 Å². The molecule has 3 rings (SSSR count). The van der Waals surface area contributed by atoms with Gasteiger partial charge in [-0.1, -0.05) is 47.0 Å². The molecule has 0 radical (unpaired) electrons. The van der Waals surface area contributed by atoms with Crippen LogP contribution in [-0.4, -0.2) is 73.4 Å². The minimum absolute atomic E-state index is 0.309. The summed E-state index contributed by atoms with van der Waals surface area (Å²) in [6.45, 7) is 3.47. The molecule has 1 aromatic heterocycles. The summed E-state index contributed by atoms with van der Waals surface area (Å²) in [5.74, 6) is 1.53. The number of ether oxygens (including phenoxy) is 4. The van der Waals surface area contributed by atoms with Gasteiger partial charge in [-0.2, -0.15) is 10.2 Å². The maximum absolute atomic E-state index is 12.5. The minimum atomic E-state index is -0.492. The second-order valence-corrected chi connectivity index (χ2v) is 12.1. The minimum Gasteiger partial charge on any atom is -0.493 e. The molecule has 2 aromatic carbocycles. The fourth-order valence-electron chi connectivity index (χ4n) is 3.24. The van der Waals surface area contributed by atoms with Crippen LogP contribution in [0.25, 0.3) is 0 Å². The van der Waals surface area contributed by atoms with Crippen molar-refractivity contribution in [2.24, 2.45) is 10.2 Å². The summed E-state index contributed by atoms with van der Waals surface area (Å²) in [6.07, 6.45) is 2.97. The number of nitrogens with one attached hydrogen (secondary N) is 2. The zero-order valence-electron chi connectivity index (χ0n) is 23.2. The number of hydrogen-bond donors (Lipinski definition) is 2. The smallest absolute Gasteiger partial charge is 0.253 e. The molecule has 2 N–H and O–H groups in total. The van der Waals surface area contributed by atoms with Crippen LogP contribution in [0.3, 0.4) is 0 Å². The average molecular weight is 619 g/mol. The largest absolute Gasteiger partial charge is 0.493 e. The Hall–Kier alpha value is -3.82. The van der Waals surface area contributed by atoms with Gasteiger partial charge in [0.25, 0.3) is 11.8 Å². The zero-order chi connectivity index (χ0) is 29.8. The summed E-state index contributed by atoms with van der Waals surface area (Å²) < 4.78 is 22.4. The molecule has 218 valence electrons. The summed E-state index contributed by atoms with van der Waals surface area (Å²) in [5.41, 5.74) is 6.35. The van der Waals surface area contributed by atoms with Crippen molar-refractivity contribution in [3.05, 3.63) is 47.5 Å². The number of methoxy groups -OCH3 is 4. The highest BCUT2D eigenvalue weighted by Crippen LogP contribution is 2.33. The molecule has 0 spiro atoms. The highest BCUT2D eigenvalue weighted by molar-refractivity contribution is 8.04. The fraction of sp³-hybridized carbons (Fsp3) is 0.308. The molecule has 0 saturated heterocycles. The van der Waals surface area contributed by atoms with Gasteiger partial charge in [0.2, 0.25) is 0 Å². The number of thioether (sulfide) groups is 2. The quantitative estimate of drug-likeness (QED) is 0.155. The maximum Gasteiger partial charge on any atom is 0.253 e. The molecule has 1 heterocycles. The molecular weight excluding hydrogens is 589 g/mol. The molecule has 0 fully saturated rings. The maximum atomic E-state index is 12.5. The second kappa shape index (κ2) is 15.8. The van der Waals surface area contributed by atoms with E-state index in [1.807, 2.05) is 0 Å². The Morgan fingerprint density at radius 3 is 1.54 bits per heavy atom. The highest BCUT2D eigenvalue weighted by atomic mass is 32.2. The Balaban J connectivity index is 1.49. The zero-order valence-corrected chi connectivity index (χ0v) is 25.7. The van der Waals surface area contributed by atoms with Crippen LogP contribution in [-0.2, 0) is 9.59 Å². The third kappa shape index (κ3) is 8.83. The molecule has 2 amide bonds. The Morgan fingerprint density at radius 1 is 0.756 bits per heavy atom. The summed E-state index contributed by atoms with van der Waals surface area (Å²) in [5, 5.41) is 15.4. The van der Waals surface area contributed by atoms with Gasteiger partial charge >= 0.3 is 0 Å². The van der Waals surface area contributed by atoms with E-state index in [0.29, 0.717) is 42.8 Å². The van der Waals surface area contributed by atoms with Gasteiger partial charge in [0.1, 0.15) is 0 Å². The number of carbonyl (C=O) groups excluding carboxylic acids is 2. The molecule has 3 aromatic rings. The molecule has 2 atom stereocenters. The van der Waals surface area contributed by atoms with E-state index in [0.717, 1.165) is 0 Å². The summed E-state index contributed by atoms with van der Waals surface area (Å²) in [4.78, 5) is 25.1. The van der Waals surface area contributed by atoms with Crippen molar-refractivity contribution in [3.63, 3.8) is 0 Å². The first-order valence-corrected chi connectivity index (χ1v) is 14.6. The number of rotatable bonds is 14. The topological polar surface area (TPSA) is 146 Å². The van der Waals surface area contributed by atoms with Crippen LogP contribution >= 0.6 is 34.9 Å². The molecule has 0 bridgehead atoms. The molecule has 0 unspecified atom stereocenters. The monoisotopic (exact) mass is 618 g/mol. The van der Waals surface area contributed by atoms with Gasteiger partial charge < -0.3 is 18.9 Å². The highest BCUT2D eigenvalue weighted by Gasteiger charge is 2.20. The number of amides is 2. The third-order valence-corrected chi connectivity index (χ3v) is 8.60.